The van der Waals surface area contributed by atoms with Gasteiger partial charge in [-0.15, -0.1) is 5.10 Å². The third kappa shape index (κ3) is 2.83. The molecule has 0 N–H and O–H groups in total. The second-order valence-corrected chi connectivity index (χ2v) is 7.37. The summed E-state index contributed by atoms with van der Waals surface area (Å²) in [6.45, 7) is 2.02. The minimum absolute atomic E-state index is 0.00277. The van der Waals surface area contributed by atoms with Crippen LogP contribution >= 0.6 is 0 Å². The van der Waals surface area contributed by atoms with Crippen molar-refractivity contribution in [2.45, 2.75) is 13.0 Å². The third-order valence-corrected chi connectivity index (χ3v) is 5.43. The van der Waals surface area contributed by atoms with Crippen LogP contribution in [0.4, 0.5) is 0 Å². The van der Waals surface area contributed by atoms with Crippen LogP contribution in [-0.4, -0.2) is 25.3 Å². The Morgan fingerprint density at radius 3 is 2.38 bits per heavy atom. The molecule has 5 aromatic rings. The van der Waals surface area contributed by atoms with Gasteiger partial charge in [-0.2, -0.15) is 0 Å². The molecule has 0 aliphatic heterocycles. The van der Waals surface area contributed by atoms with Gasteiger partial charge >= 0.3 is 0 Å². The molecule has 0 radical (unpaired) electrons. The number of carbonyl (C=O) groups excluding carboxylic acids is 1. The Morgan fingerprint density at radius 1 is 0.897 bits per heavy atom. The highest BCUT2D eigenvalue weighted by atomic mass is 16.1. The maximum atomic E-state index is 13.8. The summed E-state index contributed by atoms with van der Waals surface area (Å²) in [5.74, 6) is -0.00277. The quantitative estimate of drug-likeness (QED) is 0.425. The highest BCUT2D eigenvalue weighted by molar-refractivity contribution is 6.04. The maximum Gasteiger partial charge on any atom is 0.192 e. The molecule has 2 heterocycles. The van der Waals surface area contributed by atoms with Crippen molar-refractivity contribution in [2.24, 2.45) is 7.05 Å². The van der Waals surface area contributed by atoms with Crippen LogP contribution in [0.25, 0.3) is 21.9 Å². The van der Waals surface area contributed by atoms with E-state index >= 15 is 0 Å². The molecule has 0 saturated carbocycles. The minimum atomic E-state index is -0.601. The maximum absolute atomic E-state index is 13.8. The van der Waals surface area contributed by atoms with Crippen LogP contribution in [0, 0.1) is 6.92 Å². The van der Waals surface area contributed by atoms with E-state index in [9.17, 15) is 4.79 Å². The molecule has 0 spiro atoms. The van der Waals surface area contributed by atoms with E-state index in [1.54, 1.807) is 4.68 Å². The van der Waals surface area contributed by atoms with Gasteiger partial charge in [0, 0.05) is 35.3 Å². The molecule has 5 rings (SSSR count). The monoisotopic (exact) mass is 380 g/mol. The van der Waals surface area contributed by atoms with Gasteiger partial charge in [0.25, 0.3) is 0 Å². The van der Waals surface area contributed by atoms with Crippen molar-refractivity contribution >= 4 is 27.7 Å². The number of aryl methyl sites for hydroxylation is 2. The van der Waals surface area contributed by atoms with Gasteiger partial charge in [0.1, 0.15) is 11.6 Å². The van der Waals surface area contributed by atoms with E-state index in [2.05, 4.69) is 27.0 Å². The number of ketones is 1. The van der Waals surface area contributed by atoms with Crippen molar-refractivity contribution in [3.05, 3.63) is 95.7 Å². The Hall–Kier alpha value is -3.73. The molecular weight excluding hydrogens is 360 g/mol. The normalized spacial score (nSPS) is 12.5. The molecule has 5 heteroatoms. The van der Waals surface area contributed by atoms with Crippen LogP contribution in [0.3, 0.4) is 0 Å². The Morgan fingerprint density at radius 2 is 1.59 bits per heavy atom. The van der Waals surface area contributed by atoms with E-state index < -0.39 is 6.04 Å². The van der Waals surface area contributed by atoms with Crippen molar-refractivity contribution in [2.75, 3.05) is 0 Å². The Kier molecular flexibility index (Phi) is 4.02. The lowest BCUT2D eigenvalue weighted by atomic mass is 9.96. The van der Waals surface area contributed by atoms with Gasteiger partial charge in [-0.25, -0.2) is 4.68 Å². The average molecular weight is 380 g/mol. The van der Waals surface area contributed by atoms with E-state index in [4.69, 9.17) is 0 Å². The van der Waals surface area contributed by atoms with Crippen LogP contribution in [0.1, 0.15) is 27.5 Å². The molecule has 0 saturated heterocycles. The predicted octanol–water partition coefficient (Wildman–Crippen LogP) is 4.70. The number of carbonyl (C=O) groups is 1. The van der Waals surface area contributed by atoms with Gasteiger partial charge in [-0.3, -0.25) is 4.79 Å². The van der Waals surface area contributed by atoms with Gasteiger partial charge in [-0.1, -0.05) is 65.4 Å². The largest absolute Gasteiger partial charge is 0.350 e. The minimum Gasteiger partial charge on any atom is -0.350 e. The summed E-state index contributed by atoms with van der Waals surface area (Å²) < 4.78 is 3.80. The van der Waals surface area contributed by atoms with Crippen LogP contribution in [0.15, 0.2) is 79.0 Å². The molecule has 3 aromatic carbocycles. The number of fused-ring (bicyclic) bond motifs is 2. The molecule has 1 atom stereocenters. The van der Waals surface area contributed by atoms with E-state index in [0.717, 1.165) is 33.1 Å². The number of nitrogens with zero attached hydrogens (tertiary/aromatic N) is 4. The van der Waals surface area contributed by atoms with Crippen LogP contribution in [-0.2, 0) is 7.05 Å². The lowest BCUT2D eigenvalue weighted by Gasteiger charge is -2.17. The second-order valence-electron chi connectivity index (χ2n) is 7.37. The molecule has 5 nitrogen and oxygen atoms in total. The van der Waals surface area contributed by atoms with Gasteiger partial charge in [0.15, 0.2) is 5.78 Å². The molecule has 1 unspecified atom stereocenters. The van der Waals surface area contributed by atoms with Crippen molar-refractivity contribution in [1.82, 2.24) is 19.6 Å². The van der Waals surface area contributed by atoms with Crippen LogP contribution in [0.2, 0.25) is 0 Å². The highest BCUT2D eigenvalue weighted by Gasteiger charge is 2.29. The summed E-state index contributed by atoms with van der Waals surface area (Å²) in [5, 5.41) is 9.73. The standard InChI is InChI=1S/C24H20N4O/c1-16-11-13-17(14-12-16)24(29)23(28-22-10-6-4-8-20(22)25-26-28)19-15-27(2)21-9-5-3-7-18(19)21/h3-15,23H,1-2H3. The first-order valence-electron chi connectivity index (χ1n) is 9.58. The number of benzene rings is 3. The van der Waals surface area contributed by atoms with Crippen molar-refractivity contribution in [1.29, 1.82) is 0 Å². The van der Waals surface area contributed by atoms with Gasteiger partial charge in [-0.05, 0) is 25.1 Å². The van der Waals surface area contributed by atoms with E-state index in [0.29, 0.717) is 5.56 Å². The fourth-order valence-electron chi connectivity index (χ4n) is 3.93. The summed E-state index contributed by atoms with van der Waals surface area (Å²) in [4.78, 5) is 13.8. The predicted molar refractivity (Wildman–Crippen MR) is 114 cm³/mol. The Balaban J connectivity index is 1.77. The first kappa shape index (κ1) is 17.4. The smallest absolute Gasteiger partial charge is 0.192 e. The summed E-state index contributed by atoms with van der Waals surface area (Å²) in [6.07, 6.45) is 2.03. The molecule has 0 amide bonds. The SMILES string of the molecule is Cc1ccc(C(=O)C(c2cn(C)c3ccccc23)n2nnc3ccccc32)cc1. The lowest BCUT2D eigenvalue weighted by Crippen LogP contribution is -2.22. The molecule has 0 aliphatic rings. The van der Waals surface area contributed by atoms with Crippen LogP contribution < -0.4 is 0 Å². The van der Waals surface area contributed by atoms with Crippen LogP contribution in [0.5, 0.6) is 0 Å². The molecule has 0 aliphatic carbocycles. The topological polar surface area (TPSA) is 52.7 Å². The fraction of sp³-hybridized carbons (Fsp3) is 0.125. The van der Waals surface area contributed by atoms with E-state index in [-0.39, 0.29) is 5.78 Å². The zero-order chi connectivity index (χ0) is 20.0. The Bertz CT molecular complexity index is 1340. The zero-order valence-corrected chi connectivity index (χ0v) is 16.3. The fourth-order valence-corrected chi connectivity index (χ4v) is 3.93. The first-order valence-corrected chi connectivity index (χ1v) is 9.58. The number of para-hydroxylation sites is 2. The molecule has 0 fully saturated rings. The number of aromatic nitrogens is 4. The summed E-state index contributed by atoms with van der Waals surface area (Å²) >= 11 is 0. The number of hydrogen-bond donors (Lipinski definition) is 0. The average Bonchev–Trinajstić information content (AvgIpc) is 3.31. The second kappa shape index (κ2) is 6.71. The molecule has 2 aromatic heterocycles. The number of Topliss-reactive ketones (excluding diaryl/α,β-unsaturated/α-hetero) is 1. The van der Waals surface area contributed by atoms with Gasteiger partial charge in [0.05, 0.1) is 5.52 Å². The van der Waals surface area contributed by atoms with E-state index in [1.165, 1.54) is 0 Å². The lowest BCUT2D eigenvalue weighted by molar-refractivity contribution is 0.0941. The third-order valence-electron chi connectivity index (χ3n) is 5.43. The number of rotatable bonds is 4. The summed E-state index contributed by atoms with van der Waals surface area (Å²) in [5.41, 5.74) is 5.39. The number of hydrogen-bond acceptors (Lipinski definition) is 3. The van der Waals surface area contributed by atoms with Crippen molar-refractivity contribution in [3.63, 3.8) is 0 Å². The summed E-state index contributed by atoms with van der Waals surface area (Å²) in [7, 11) is 2.00. The molecule has 29 heavy (non-hydrogen) atoms. The first-order chi connectivity index (χ1) is 14.1. The van der Waals surface area contributed by atoms with Gasteiger partial charge < -0.3 is 4.57 Å². The molecule has 0 bridgehead atoms. The molecule has 142 valence electrons. The van der Waals surface area contributed by atoms with Gasteiger partial charge in [0.2, 0.25) is 0 Å². The highest BCUT2D eigenvalue weighted by Crippen LogP contribution is 2.32. The zero-order valence-electron chi connectivity index (χ0n) is 16.3. The van der Waals surface area contributed by atoms with Crippen molar-refractivity contribution in [3.8, 4) is 0 Å². The Labute approximate surface area is 168 Å². The van der Waals surface area contributed by atoms with E-state index in [1.807, 2.05) is 80.8 Å². The van der Waals surface area contributed by atoms with Crippen molar-refractivity contribution < 1.29 is 4.79 Å². The summed E-state index contributed by atoms with van der Waals surface area (Å²) in [6, 6.07) is 23.0. The molecular formula is C24H20N4O.